The van der Waals surface area contributed by atoms with Crippen LogP contribution in [0.25, 0.3) is 10.9 Å². The number of fused-ring (bicyclic) bond motifs is 1. The fourth-order valence-electron chi connectivity index (χ4n) is 5.23. The first-order valence-corrected chi connectivity index (χ1v) is 12.4. The van der Waals surface area contributed by atoms with Crippen LogP contribution in [0.2, 0.25) is 5.15 Å². The zero-order valence-corrected chi connectivity index (χ0v) is 20.8. The normalized spacial score (nSPS) is 28.1. The molecule has 3 fully saturated rings. The third-order valence-electron chi connectivity index (χ3n) is 7.70. The van der Waals surface area contributed by atoms with Gasteiger partial charge in [0.1, 0.15) is 6.04 Å². The van der Waals surface area contributed by atoms with Crippen LogP contribution in [-0.2, 0) is 4.74 Å². The van der Waals surface area contributed by atoms with Gasteiger partial charge in [0.15, 0.2) is 5.15 Å². The maximum atomic E-state index is 13.4. The van der Waals surface area contributed by atoms with Gasteiger partial charge in [-0.1, -0.05) is 11.6 Å². The summed E-state index contributed by atoms with van der Waals surface area (Å²) in [6.07, 6.45) is 2.41. The summed E-state index contributed by atoms with van der Waals surface area (Å²) in [5.41, 5.74) is 3.03. The second-order valence-electron chi connectivity index (χ2n) is 10.2. The number of halogens is 3. The fraction of sp³-hybridized carbons (Fsp3) is 0.542. The van der Waals surface area contributed by atoms with E-state index in [0.29, 0.717) is 24.8 Å². The van der Waals surface area contributed by atoms with Crippen LogP contribution in [0.3, 0.4) is 0 Å². The predicted molar refractivity (Wildman–Crippen MR) is 132 cm³/mol. The highest BCUT2D eigenvalue weighted by atomic mass is 35.5. The van der Waals surface area contributed by atoms with E-state index in [9.17, 15) is 13.9 Å². The molecule has 0 spiro atoms. The van der Waals surface area contributed by atoms with Gasteiger partial charge in [-0.15, -0.1) is 0 Å². The number of benzene rings is 1. The lowest BCUT2D eigenvalue weighted by Crippen LogP contribution is -2.60. The van der Waals surface area contributed by atoms with E-state index < -0.39 is 18.1 Å². The Morgan fingerprint density at radius 3 is 2.61 bits per heavy atom. The molecule has 9 nitrogen and oxygen atoms in total. The molecule has 2 saturated heterocycles. The van der Waals surface area contributed by atoms with E-state index in [2.05, 4.69) is 56.2 Å². The number of aliphatic hydroxyl groups is 1. The summed E-state index contributed by atoms with van der Waals surface area (Å²) in [5.74, 6) is -2.46. The maximum Gasteiger partial charge on any atom is 0.272 e. The molecule has 0 bridgehead atoms. The maximum absolute atomic E-state index is 13.4. The van der Waals surface area contributed by atoms with Gasteiger partial charge < -0.3 is 20.1 Å². The summed E-state index contributed by atoms with van der Waals surface area (Å²) in [6, 6.07) is 3.12. The topological polar surface area (TPSA) is 91.6 Å². The summed E-state index contributed by atoms with van der Waals surface area (Å²) in [5, 5.41) is 18.4. The Labute approximate surface area is 212 Å². The minimum atomic E-state index is -2.77. The van der Waals surface area contributed by atoms with E-state index >= 15 is 0 Å². The van der Waals surface area contributed by atoms with Gasteiger partial charge in [0, 0.05) is 49.9 Å². The zero-order chi connectivity index (χ0) is 25.2. The van der Waals surface area contributed by atoms with Gasteiger partial charge in [-0.25, -0.2) is 23.4 Å². The van der Waals surface area contributed by atoms with Gasteiger partial charge in [-0.2, -0.15) is 5.10 Å². The molecule has 1 aromatic carbocycles. The summed E-state index contributed by atoms with van der Waals surface area (Å²) in [4.78, 5) is 13.7. The first-order chi connectivity index (χ1) is 17.2. The molecule has 3 atom stereocenters. The van der Waals surface area contributed by atoms with Crippen LogP contribution in [0.15, 0.2) is 24.5 Å². The molecule has 2 aromatic heterocycles. The Bertz CT molecular complexity index is 1310. The van der Waals surface area contributed by atoms with Crippen LogP contribution in [0.5, 0.6) is 0 Å². The number of piperazine rings is 1. The van der Waals surface area contributed by atoms with Gasteiger partial charge >= 0.3 is 0 Å². The molecule has 0 radical (unpaired) electrons. The summed E-state index contributed by atoms with van der Waals surface area (Å²) < 4.78 is 33.5. The lowest BCUT2D eigenvalue weighted by molar-refractivity contribution is 0.00882. The molecule has 2 N–H and O–H groups in total. The third-order valence-corrected chi connectivity index (χ3v) is 8.07. The molecule has 3 aromatic rings. The molecular formula is C24H28ClF2N7O2. The van der Waals surface area contributed by atoms with Crippen LogP contribution in [0, 0.1) is 6.92 Å². The number of nitrogens with one attached hydrogen (secondary N) is 1. The van der Waals surface area contributed by atoms with Crippen molar-refractivity contribution in [2.45, 2.75) is 43.9 Å². The monoisotopic (exact) mass is 519 g/mol. The standard InChI is InChI=1S/C24H28ClF2N7O2/c1-14-7-15-10-28-22(31-17-11-29-34(21(17)25)19-9-24(19,26)27)30-16(15)8-18(14)32-3-5-33(6-4-32)23(2)13-36-12-20(23)35/h7-8,10-11,19-20,35H,3-6,9,12-13H2,1-2H3,(H,28,30,31). The minimum absolute atomic E-state index is 0.106. The summed E-state index contributed by atoms with van der Waals surface area (Å²) in [7, 11) is 0. The van der Waals surface area contributed by atoms with Crippen molar-refractivity contribution < 1.29 is 18.6 Å². The van der Waals surface area contributed by atoms with Gasteiger partial charge in [-0.05, 0) is 31.5 Å². The number of hydrogen-bond acceptors (Lipinski definition) is 8. The van der Waals surface area contributed by atoms with Gasteiger partial charge in [-0.3, -0.25) is 4.90 Å². The number of ether oxygens (including phenoxy) is 1. The van der Waals surface area contributed by atoms with Gasteiger partial charge in [0.05, 0.1) is 42.3 Å². The Kier molecular flexibility index (Phi) is 5.60. The van der Waals surface area contributed by atoms with Gasteiger partial charge in [0.25, 0.3) is 5.92 Å². The van der Waals surface area contributed by atoms with Crippen molar-refractivity contribution in [3.8, 4) is 0 Å². The highest BCUT2D eigenvalue weighted by molar-refractivity contribution is 6.32. The summed E-state index contributed by atoms with van der Waals surface area (Å²) >= 11 is 6.29. The number of alkyl halides is 2. The average molecular weight is 520 g/mol. The fourth-order valence-corrected chi connectivity index (χ4v) is 5.49. The second kappa shape index (κ2) is 8.47. The van der Waals surface area contributed by atoms with Crippen molar-refractivity contribution in [1.82, 2.24) is 24.6 Å². The third kappa shape index (κ3) is 3.98. The number of anilines is 3. The average Bonchev–Trinajstić information content (AvgIpc) is 3.13. The first kappa shape index (κ1) is 23.8. The van der Waals surface area contributed by atoms with E-state index in [1.54, 1.807) is 6.20 Å². The van der Waals surface area contributed by atoms with Gasteiger partial charge in [0.2, 0.25) is 5.95 Å². The second-order valence-corrected chi connectivity index (χ2v) is 10.5. The van der Waals surface area contributed by atoms with E-state index in [1.165, 1.54) is 6.20 Å². The van der Waals surface area contributed by atoms with E-state index in [0.717, 1.165) is 53.0 Å². The molecule has 12 heteroatoms. The number of nitrogens with zero attached hydrogens (tertiary/aromatic N) is 6. The molecule has 3 aliphatic rings. The number of rotatable bonds is 5. The Morgan fingerprint density at radius 2 is 1.94 bits per heavy atom. The van der Waals surface area contributed by atoms with Crippen molar-refractivity contribution in [3.63, 3.8) is 0 Å². The van der Waals surface area contributed by atoms with E-state index in [-0.39, 0.29) is 17.1 Å². The molecule has 2 aliphatic heterocycles. The van der Waals surface area contributed by atoms with E-state index in [1.807, 2.05) is 0 Å². The minimum Gasteiger partial charge on any atom is -0.389 e. The Morgan fingerprint density at radius 1 is 1.19 bits per heavy atom. The van der Waals surface area contributed by atoms with Crippen molar-refractivity contribution in [2.24, 2.45) is 0 Å². The quantitative estimate of drug-likeness (QED) is 0.530. The van der Waals surface area contributed by atoms with Crippen LogP contribution in [-0.4, -0.2) is 86.7 Å². The van der Waals surface area contributed by atoms with Crippen LogP contribution in [0.1, 0.15) is 24.9 Å². The molecular weight excluding hydrogens is 492 g/mol. The molecule has 1 saturated carbocycles. The number of aromatic nitrogens is 4. The largest absolute Gasteiger partial charge is 0.389 e. The highest BCUT2D eigenvalue weighted by Crippen LogP contribution is 2.53. The number of aryl methyl sites for hydroxylation is 1. The molecule has 3 unspecified atom stereocenters. The number of hydrogen-bond donors (Lipinski definition) is 2. The van der Waals surface area contributed by atoms with Crippen molar-refractivity contribution >= 4 is 39.8 Å². The summed E-state index contributed by atoms with van der Waals surface area (Å²) in [6.45, 7) is 8.37. The smallest absolute Gasteiger partial charge is 0.272 e. The lowest BCUT2D eigenvalue weighted by Gasteiger charge is -2.45. The molecule has 36 heavy (non-hydrogen) atoms. The molecule has 192 valence electrons. The molecule has 6 rings (SSSR count). The number of aliphatic hydroxyl groups excluding tert-OH is 1. The van der Waals surface area contributed by atoms with Crippen LogP contribution >= 0.6 is 11.6 Å². The zero-order valence-electron chi connectivity index (χ0n) is 20.1. The van der Waals surface area contributed by atoms with Crippen molar-refractivity contribution in [3.05, 3.63) is 35.2 Å². The highest BCUT2D eigenvalue weighted by Gasteiger charge is 2.59. The van der Waals surface area contributed by atoms with Crippen molar-refractivity contribution in [2.75, 3.05) is 49.6 Å². The lowest BCUT2D eigenvalue weighted by atomic mass is 9.95. The Balaban J connectivity index is 1.20. The van der Waals surface area contributed by atoms with Crippen molar-refractivity contribution in [1.29, 1.82) is 0 Å². The van der Waals surface area contributed by atoms with E-state index in [4.69, 9.17) is 16.3 Å². The molecule has 1 aliphatic carbocycles. The Hall–Kier alpha value is -2.60. The van der Waals surface area contributed by atoms with Crippen LogP contribution in [0.4, 0.5) is 26.1 Å². The first-order valence-electron chi connectivity index (χ1n) is 12.1. The SMILES string of the molecule is Cc1cc2cnc(Nc3cnn(C4CC4(F)F)c3Cl)nc2cc1N1CCN(C2(C)COCC2O)CC1. The molecule has 4 heterocycles. The van der Waals surface area contributed by atoms with Crippen LogP contribution < -0.4 is 10.2 Å². The predicted octanol–water partition coefficient (Wildman–Crippen LogP) is 3.38. The molecule has 0 amide bonds.